The van der Waals surface area contributed by atoms with Crippen LogP contribution in [-0.4, -0.2) is 25.4 Å². The van der Waals surface area contributed by atoms with Gasteiger partial charge in [-0.25, -0.2) is 0 Å². The van der Waals surface area contributed by atoms with E-state index in [0.717, 1.165) is 19.1 Å². The van der Waals surface area contributed by atoms with E-state index in [1.54, 1.807) is 0 Å². The SMILES string of the molecule is CCOC1CCCC(COC2CCCCCC2)CC1. The van der Waals surface area contributed by atoms with E-state index in [2.05, 4.69) is 6.92 Å². The summed E-state index contributed by atoms with van der Waals surface area (Å²) in [5.41, 5.74) is 0. The summed E-state index contributed by atoms with van der Waals surface area (Å²) in [6, 6.07) is 0. The summed E-state index contributed by atoms with van der Waals surface area (Å²) in [5.74, 6) is 0.786. The molecule has 2 heteroatoms. The van der Waals surface area contributed by atoms with Crippen LogP contribution in [0, 0.1) is 5.92 Å². The van der Waals surface area contributed by atoms with Gasteiger partial charge in [0.1, 0.15) is 0 Å². The van der Waals surface area contributed by atoms with Gasteiger partial charge in [-0.1, -0.05) is 32.1 Å². The summed E-state index contributed by atoms with van der Waals surface area (Å²) in [7, 11) is 0. The van der Waals surface area contributed by atoms with Crippen molar-refractivity contribution in [1.29, 1.82) is 0 Å². The van der Waals surface area contributed by atoms with Gasteiger partial charge in [-0.3, -0.25) is 0 Å². The second kappa shape index (κ2) is 8.97. The Morgan fingerprint density at radius 3 is 2.11 bits per heavy atom. The van der Waals surface area contributed by atoms with Gasteiger partial charge in [0.15, 0.2) is 0 Å². The van der Waals surface area contributed by atoms with Gasteiger partial charge < -0.3 is 9.47 Å². The van der Waals surface area contributed by atoms with Crippen LogP contribution in [0.5, 0.6) is 0 Å². The molecule has 2 saturated carbocycles. The Bertz CT molecular complexity index is 221. The minimum absolute atomic E-state index is 0.521. The van der Waals surface area contributed by atoms with Crippen LogP contribution >= 0.6 is 0 Å². The maximum Gasteiger partial charge on any atom is 0.0575 e. The summed E-state index contributed by atoms with van der Waals surface area (Å²) < 4.78 is 12.0. The van der Waals surface area contributed by atoms with Gasteiger partial charge in [-0.05, 0) is 51.4 Å². The van der Waals surface area contributed by atoms with Crippen LogP contribution < -0.4 is 0 Å². The highest BCUT2D eigenvalue weighted by atomic mass is 16.5. The van der Waals surface area contributed by atoms with Crippen molar-refractivity contribution < 1.29 is 9.47 Å². The molecule has 0 saturated heterocycles. The molecule has 112 valence electrons. The molecule has 0 radical (unpaired) electrons. The van der Waals surface area contributed by atoms with Crippen LogP contribution in [0.1, 0.15) is 77.6 Å². The molecule has 0 aliphatic heterocycles. The summed E-state index contributed by atoms with van der Waals surface area (Å²) in [5, 5.41) is 0. The standard InChI is InChI=1S/C17H32O2/c1-2-18-17-11-7-8-15(12-13-17)14-19-16-9-5-3-4-6-10-16/h15-17H,2-14H2,1H3. The Balaban J connectivity index is 1.64. The molecule has 19 heavy (non-hydrogen) atoms. The lowest BCUT2D eigenvalue weighted by Gasteiger charge is -2.20. The molecule has 2 fully saturated rings. The first-order chi connectivity index (χ1) is 9.38. The molecule has 0 heterocycles. The molecule has 0 aromatic carbocycles. The van der Waals surface area contributed by atoms with Crippen molar-refractivity contribution in [3.05, 3.63) is 0 Å². The molecule has 0 amide bonds. The van der Waals surface area contributed by atoms with Gasteiger partial charge in [-0.2, -0.15) is 0 Å². The van der Waals surface area contributed by atoms with Crippen molar-refractivity contribution >= 4 is 0 Å². The van der Waals surface area contributed by atoms with Crippen LogP contribution in [0.3, 0.4) is 0 Å². The van der Waals surface area contributed by atoms with E-state index in [0.29, 0.717) is 12.2 Å². The quantitative estimate of drug-likeness (QED) is 0.672. The monoisotopic (exact) mass is 268 g/mol. The van der Waals surface area contributed by atoms with E-state index in [1.807, 2.05) is 0 Å². The first-order valence-electron chi connectivity index (χ1n) is 8.61. The average molecular weight is 268 g/mol. The summed E-state index contributed by atoms with van der Waals surface area (Å²) in [6.45, 7) is 3.98. The van der Waals surface area contributed by atoms with E-state index in [1.165, 1.54) is 70.6 Å². The Hall–Kier alpha value is -0.0800. The van der Waals surface area contributed by atoms with E-state index in [9.17, 15) is 0 Å². The first kappa shape index (κ1) is 15.3. The fourth-order valence-corrected chi connectivity index (χ4v) is 3.59. The van der Waals surface area contributed by atoms with Gasteiger partial charge in [0, 0.05) is 13.2 Å². The molecule has 0 aromatic rings. The Kier molecular flexibility index (Phi) is 7.23. The van der Waals surface area contributed by atoms with Crippen LogP contribution in [0.4, 0.5) is 0 Å². The molecule has 0 aromatic heterocycles. The zero-order valence-electron chi connectivity index (χ0n) is 12.7. The zero-order chi connectivity index (χ0) is 13.3. The smallest absolute Gasteiger partial charge is 0.0575 e. The lowest BCUT2D eigenvalue weighted by atomic mass is 10.0. The number of hydrogen-bond acceptors (Lipinski definition) is 2. The van der Waals surface area contributed by atoms with Crippen LogP contribution in [0.2, 0.25) is 0 Å². The van der Waals surface area contributed by atoms with Crippen molar-refractivity contribution in [1.82, 2.24) is 0 Å². The average Bonchev–Trinajstić information content (AvgIpc) is 2.80. The van der Waals surface area contributed by atoms with Gasteiger partial charge in [0.25, 0.3) is 0 Å². The molecular formula is C17H32O2. The fraction of sp³-hybridized carbons (Fsp3) is 1.00. The van der Waals surface area contributed by atoms with E-state index >= 15 is 0 Å². The Morgan fingerprint density at radius 1 is 0.684 bits per heavy atom. The zero-order valence-corrected chi connectivity index (χ0v) is 12.7. The normalized spacial score (nSPS) is 30.8. The predicted molar refractivity (Wildman–Crippen MR) is 79.4 cm³/mol. The maximum absolute atomic E-state index is 6.21. The predicted octanol–water partition coefficient (Wildman–Crippen LogP) is 4.71. The van der Waals surface area contributed by atoms with Gasteiger partial charge in [0.05, 0.1) is 12.2 Å². The summed E-state index contributed by atoms with van der Waals surface area (Å²) >= 11 is 0. The number of rotatable bonds is 5. The highest BCUT2D eigenvalue weighted by Gasteiger charge is 2.21. The van der Waals surface area contributed by atoms with Gasteiger partial charge in [0.2, 0.25) is 0 Å². The molecule has 2 atom stereocenters. The third-order valence-electron chi connectivity index (χ3n) is 4.81. The lowest BCUT2D eigenvalue weighted by molar-refractivity contribution is 0.0147. The lowest BCUT2D eigenvalue weighted by Crippen LogP contribution is -2.18. The Morgan fingerprint density at radius 2 is 1.37 bits per heavy atom. The molecular weight excluding hydrogens is 236 g/mol. The minimum Gasteiger partial charge on any atom is -0.379 e. The van der Waals surface area contributed by atoms with E-state index < -0.39 is 0 Å². The second-order valence-electron chi connectivity index (χ2n) is 6.40. The van der Waals surface area contributed by atoms with E-state index in [-0.39, 0.29) is 0 Å². The summed E-state index contributed by atoms with van der Waals surface area (Å²) in [4.78, 5) is 0. The molecule has 2 unspecified atom stereocenters. The van der Waals surface area contributed by atoms with Crippen molar-refractivity contribution in [2.45, 2.75) is 89.8 Å². The first-order valence-corrected chi connectivity index (χ1v) is 8.61. The fourth-order valence-electron chi connectivity index (χ4n) is 3.59. The number of hydrogen-bond donors (Lipinski definition) is 0. The van der Waals surface area contributed by atoms with Crippen molar-refractivity contribution in [2.75, 3.05) is 13.2 Å². The van der Waals surface area contributed by atoms with Gasteiger partial charge >= 0.3 is 0 Å². The third kappa shape index (κ3) is 5.83. The second-order valence-corrected chi connectivity index (χ2v) is 6.40. The molecule has 0 N–H and O–H groups in total. The van der Waals surface area contributed by atoms with Crippen LogP contribution in [0.25, 0.3) is 0 Å². The highest BCUT2D eigenvalue weighted by molar-refractivity contribution is 4.72. The molecule has 0 spiro atoms. The molecule has 2 nitrogen and oxygen atoms in total. The molecule has 2 rings (SSSR count). The minimum atomic E-state index is 0.521. The van der Waals surface area contributed by atoms with Crippen molar-refractivity contribution in [2.24, 2.45) is 5.92 Å². The maximum atomic E-state index is 6.21. The molecule has 2 aliphatic carbocycles. The largest absolute Gasteiger partial charge is 0.379 e. The van der Waals surface area contributed by atoms with Crippen molar-refractivity contribution in [3.8, 4) is 0 Å². The molecule has 2 aliphatic rings. The van der Waals surface area contributed by atoms with Crippen molar-refractivity contribution in [3.63, 3.8) is 0 Å². The van der Waals surface area contributed by atoms with Crippen LogP contribution in [-0.2, 0) is 9.47 Å². The summed E-state index contributed by atoms with van der Waals surface area (Å²) in [6.07, 6.45) is 15.7. The van der Waals surface area contributed by atoms with Gasteiger partial charge in [-0.15, -0.1) is 0 Å². The van der Waals surface area contributed by atoms with Crippen LogP contribution in [0.15, 0.2) is 0 Å². The Labute approximate surface area is 119 Å². The third-order valence-corrected chi connectivity index (χ3v) is 4.81. The topological polar surface area (TPSA) is 18.5 Å². The van der Waals surface area contributed by atoms with E-state index in [4.69, 9.17) is 9.47 Å². The highest BCUT2D eigenvalue weighted by Crippen LogP contribution is 2.27. The number of ether oxygens (including phenoxy) is 2. The molecule has 0 bridgehead atoms.